The van der Waals surface area contributed by atoms with Crippen LogP contribution in [0.15, 0.2) is 103 Å². The Morgan fingerprint density at radius 1 is 0.881 bits per heavy atom. The lowest BCUT2D eigenvalue weighted by atomic mass is 9.85. The molecule has 4 aromatic rings. The Kier molecular flexibility index (Phi) is 9.87. The highest BCUT2D eigenvalue weighted by molar-refractivity contribution is 5.88. The first kappa shape index (κ1) is 29.7. The number of fused-ring (bicyclic) bond motifs is 1. The van der Waals surface area contributed by atoms with Crippen molar-refractivity contribution in [2.75, 3.05) is 20.8 Å². The molecule has 5 rings (SSSR count). The summed E-state index contributed by atoms with van der Waals surface area (Å²) in [6, 6.07) is 34.2. The van der Waals surface area contributed by atoms with Crippen molar-refractivity contribution in [2.45, 2.75) is 56.9 Å². The second kappa shape index (κ2) is 13.9. The van der Waals surface area contributed by atoms with Crippen molar-refractivity contribution in [3.8, 4) is 5.75 Å². The molecule has 42 heavy (non-hydrogen) atoms. The van der Waals surface area contributed by atoms with Crippen LogP contribution in [0.25, 0.3) is 10.8 Å². The predicted molar refractivity (Wildman–Crippen MR) is 162 cm³/mol. The maximum Gasteiger partial charge on any atom is 0.248 e. The van der Waals surface area contributed by atoms with Crippen molar-refractivity contribution in [3.05, 3.63) is 114 Å². The lowest BCUT2D eigenvalue weighted by molar-refractivity contribution is -0.242. The van der Waals surface area contributed by atoms with Crippen molar-refractivity contribution >= 4 is 16.7 Å². The number of carbonyl (C=O) groups excluding carboxylic acids is 1. The van der Waals surface area contributed by atoms with E-state index in [0.717, 1.165) is 27.6 Å². The molecule has 0 unspecified atom stereocenters. The van der Waals surface area contributed by atoms with Gasteiger partial charge in [0.25, 0.3) is 0 Å². The van der Waals surface area contributed by atoms with Crippen molar-refractivity contribution in [2.24, 2.45) is 0 Å². The molecule has 0 aromatic heterocycles. The van der Waals surface area contributed by atoms with Gasteiger partial charge in [-0.2, -0.15) is 0 Å². The van der Waals surface area contributed by atoms with Gasteiger partial charge in [0.2, 0.25) is 5.91 Å². The SMILES string of the molecule is CON(C)C(=O)C[C@]1(C)O[C@H](COCc2ccccc2)[C@@H](OCc2ccccc2)C[C@H]1Oc1cccc2ccccc12. The Bertz CT molecular complexity index is 1430. The van der Waals surface area contributed by atoms with Crippen LogP contribution >= 0.6 is 0 Å². The van der Waals surface area contributed by atoms with Gasteiger partial charge >= 0.3 is 0 Å². The molecule has 1 fully saturated rings. The van der Waals surface area contributed by atoms with Gasteiger partial charge in [-0.15, -0.1) is 0 Å². The summed E-state index contributed by atoms with van der Waals surface area (Å²) in [6.45, 7) is 3.11. The fourth-order valence-electron chi connectivity index (χ4n) is 5.36. The van der Waals surface area contributed by atoms with Gasteiger partial charge in [-0.25, -0.2) is 5.06 Å². The largest absolute Gasteiger partial charge is 0.487 e. The van der Waals surface area contributed by atoms with Crippen LogP contribution in [0, 0.1) is 0 Å². The average molecular weight is 570 g/mol. The molecule has 1 amide bonds. The van der Waals surface area contributed by atoms with Gasteiger partial charge in [-0.05, 0) is 29.5 Å². The highest BCUT2D eigenvalue weighted by Crippen LogP contribution is 2.38. The van der Waals surface area contributed by atoms with Crippen LogP contribution in [0.2, 0.25) is 0 Å². The van der Waals surface area contributed by atoms with E-state index in [1.807, 2.05) is 97.9 Å². The van der Waals surface area contributed by atoms with Gasteiger partial charge in [0, 0.05) is 18.9 Å². The van der Waals surface area contributed by atoms with Crippen molar-refractivity contribution in [1.82, 2.24) is 5.06 Å². The third-order valence-electron chi connectivity index (χ3n) is 7.81. The van der Waals surface area contributed by atoms with Crippen molar-refractivity contribution in [3.63, 3.8) is 0 Å². The molecule has 1 aliphatic heterocycles. The quantitative estimate of drug-likeness (QED) is 0.185. The van der Waals surface area contributed by atoms with E-state index in [2.05, 4.69) is 12.1 Å². The Balaban J connectivity index is 1.42. The summed E-state index contributed by atoms with van der Waals surface area (Å²) < 4.78 is 26.2. The molecule has 0 N–H and O–H groups in total. The van der Waals surface area contributed by atoms with Gasteiger partial charge < -0.3 is 18.9 Å². The zero-order chi connectivity index (χ0) is 29.4. The first-order valence-corrected chi connectivity index (χ1v) is 14.4. The van der Waals surface area contributed by atoms with E-state index >= 15 is 0 Å². The van der Waals surface area contributed by atoms with Gasteiger partial charge in [0.05, 0.1) is 39.5 Å². The molecule has 0 radical (unpaired) electrons. The number of carbonyl (C=O) groups is 1. The van der Waals surface area contributed by atoms with E-state index in [0.29, 0.717) is 26.2 Å². The normalized spacial score (nSPS) is 22.1. The second-order valence-electron chi connectivity index (χ2n) is 10.9. The second-order valence-corrected chi connectivity index (χ2v) is 10.9. The molecule has 1 saturated heterocycles. The fraction of sp³-hybridized carbons (Fsp3) is 0.343. The van der Waals surface area contributed by atoms with E-state index in [9.17, 15) is 4.79 Å². The Morgan fingerprint density at radius 2 is 1.52 bits per heavy atom. The monoisotopic (exact) mass is 569 g/mol. The van der Waals surface area contributed by atoms with Crippen LogP contribution < -0.4 is 4.74 Å². The van der Waals surface area contributed by atoms with E-state index in [4.69, 9.17) is 23.8 Å². The van der Waals surface area contributed by atoms with E-state index < -0.39 is 17.8 Å². The Hall–Kier alpha value is -3.75. The molecule has 7 nitrogen and oxygen atoms in total. The molecule has 1 heterocycles. The Labute approximate surface area is 247 Å². The summed E-state index contributed by atoms with van der Waals surface area (Å²) in [5.74, 6) is 0.528. The number of hydroxylamine groups is 2. The first-order valence-electron chi connectivity index (χ1n) is 14.4. The summed E-state index contributed by atoms with van der Waals surface area (Å²) in [4.78, 5) is 18.4. The summed E-state index contributed by atoms with van der Waals surface area (Å²) >= 11 is 0. The molecule has 7 heteroatoms. The third-order valence-corrected chi connectivity index (χ3v) is 7.81. The van der Waals surface area contributed by atoms with Crippen LogP contribution in [-0.2, 0) is 37.1 Å². The minimum Gasteiger partial charge on any atom is -0.487 e. The highest BCUT2D eigenvalue weighted by Gasteiger charge is 2.49. The fourth-order valence-corrected chi connectivity index (χ4v) is 5.36. The van der Waals surface area contributed by atoms with Gasteiger partial charge in [0.1, 0.15) is 23.6 Å². The average Bonchev–Trinajstić information content (AvgIpc) is 3.02. The first-order chi connectivity index (χ1) is 20.4. The zero-order valence-electron chi connectivity index (χ0n) is 24.5. The van der Waals surface area contributed by atoms with Gasteiger partial charge in [0.15, 0.2) is 0 Å². The summed E-state index contributed by atoms with van der Waals surface area (Å²) in [5.41, 5.74) is 1.17. The van der Waals surface area contributed by atoms with Crippen LogP contribution in [-0.4, -0.2) is 55.6 Å². The van der Waals surface area contributed by atoms with Crippen LogP contribution in [0.3, 0.4) is 0 Å². The van der Waals surface area contributed by atoms with Crippen molar-refractivity contribution in [1.29, 1.82) is 0 Å². The predicted octanol–water partition coefficient (Wildman–Crippen LogP) is 6.35. The number of rotatable bonds is 12. The summed E-state index contributed by atoms with van der Waals surface area (Å²) in [5, 5.41) is 3.30. The van der Waals surface area contributed by atoms with Crippen LogP contribution in [0.1, 0.15) is 30.9 Å². The molecular formula is C35H39NO6. The number of hydrogen-bond donors (Lipinski definition) is 0. The molecule has 0 aliphatic carbocycles. The molecule has 1 aliphatic rings. The standard InChI is InChI=1S/C35H39NO6/c1-35(22-34(37)36(2)38-3)33(41-30-20-12-18-28-17-10-11-19-29(28)30)21-31(40-24-27-15-8-5-9-16-27)32(42-35)25-39-23-26-13-6-4-7-14-26/h4-20,31-33H,21-25H2,1-3H3/t31-,32+,33+,35-/m0/s1. The topological polar surface area (TPSA) is 66.5 Å². The van der Waals surface area contributed by atoms with Gasteiger partial charge in [-0.1, -0.05) is 97.1 Å². The lowest BCUT2D eigenvalue weighted by Crippen LogP contribution is -2.60. The van der Waals surface area contributed by atoms with Crippen LogP contribution in [0.5, 0.6) is 5.75 Å². The number of amides is 1. The molecule has 4 aromatic carbocycles. The Morgan fingerprint density at radius 3 is 2.24 bits per heavy atom. The summed E-state index contributed by atoms with van der Waals surface area (Å²) in [6.07, 6.45) is -0.660. The van der Waals surface area contributed by atoms with Gasteiger partial charge in [-0.3, -0.25) is 9.63 Å². The minimum atomic E-state index is -0.978. The van der Waals surface area contributed by atoms with E-state index in [1.54, 1.807) is 7.05 Å². The number of hydrogen-bond acceptors (Lipinski definition) is 6. The van der Waals surface area contributed by atoms with E-state index in [1.165, 1.54) is 12.2 Å². The number of ether oxygens (including phenoxy) is 4. The molecule has 0 bridgehead atoms. The molecule has 0 spiro atoms. The maximum absolute atomic E-state index is 13.2. The lowest BCUT2D eigenvalue weighted by Gasteiger charge is -2.47. The van der Waals surface area contributed by atoms with E-state index in [-0.39, 0.29) is 18.4 Å². The smallest absolute Gasteiger partial charge is 0.248 e. The maximum atomic E-state index is 13.2. The molecule has 0 saturated carbocycles. The molecular weight excluding hydrogens is 530 g/mol. The van der Waals surface area contributed by atoms with Crippen LogP contribution in [0.4, 0.5) is 0 Å². The third kappa shape index (κ3) is 7.36. The zero-order valence-corrected chi connectivity index (χ0v) is 24.5. The molecule has 220 valence electrons. The number of nitrogens with zero attached hydrogens (tertiary/aromatic N) is 1. The highest BCUT2D eigenvalue weighted by atomic mass is 16.7. The molecule has 4 atom stereocenters. The minimum absolute atomic E-state index is 0.0629. The number of benzene rings is 4. The van der Waals surface area contributed by atoms with Crippen molar-refractivity contribution < 1.29 is 28.6 Å². The summed E-state index contributed by atoms with van der Waals surface area (Å²) in [7, 11) is 3.07.